The Balaban J connectivity index is 1.93. The maximum Gasteiger partial charge on any atom is 0.338 e. The molecule has 0 aliphatic heterocycles. The van der Waals surface area contributed by atoms with Gasteiger partial charge in [0.25, 0.3) is 5.91 Å². The lowest BCUT2D eigenvalue weighted by Gasteiger charge is -2.13. The van der Waals surface area contributed by atoms with E-state index in [0.29, 0.717) is 41.6 Å². The Labute approximate surface area is 170 Å². The van der Waals surface area contributed by atoms with Crippen LogP contribution in [0.1, 0.15) is 41.5 Å². The van der Waals surface area contributed by atoms with Gasteiger partial charge in [0.15, 0.2) is 0 Å². The molecule has 0 aliphatic rings. The smallest absolute Gasteiger partial charge is 0.338 e. The first kappa shape index (κ1) is 21.9. The van der Waals surface area contributed by atoms with Gasteiger partial charge in [-0.05, 0) is 49.2 Å². The molecule has 7 nitrogen and oxygen atoms in total. The van der Waals surface area contributed by atoms with Crippen molar-refractivity contribution in [1.82, 2.24) is 5.32 Å². The number of hydrogen-bond donors (Lipinski definition) is 3. The van der Waals surface area contributed by atoms with Crippen molar-refractivity contribution >= 4 is 29.2 Å². The molecule has 154 valence electrons. The topological polar surface area (TPSA) is 96.5 Å². The van der Waals surface area contributed by atoms with Gasteiger partial charge < -0.3 is 20.7 Å². The van der Waals surface area contributed by atoms with E-state index in [4.69, 9.17) is 4.74 Å². The average Bonchev–Trinajstić information content (AvgIpc) is 2.71. The zero-order valence-electron chi connectivity index (χ0n) is 17.0. The second-order valence-electron chi connectivity index (χ2n) is 6.85. The van der Waals surface area contributed by atoms with Crippen LogP contribution in [-0.4, -0.2) is 37.5 Å². The van der Waals surface area contributed by atoms with E-state index in [1.54, 1.807) is 55.5 Å². The molecule has 0 unspecified atom stereocenters. The van der Waals surface area contributed by atoms with Crippen LogP contribution in [0.3, 0.4) is 0 Å². The summed E-state index contributed by atoms with van der Waals surface area (Å²) in [6.45, 7) is 6.66. The van der Waals surface area contributed by atoms with Crippen molar-refractivity contribution in [2.75, 3.05) is 30.3 Å². The van der Waals surface area contributed by atoms with Gasteiger partial charge in [-0.25, -0.2) is 4.79 Å². The summed E-state index contributed by atoms with van der Waals surface area (Å²) in [7, 11) is 0. The predicted octanol–water partition coefficient (Wildman–Crippen LogP) is 3.30. The first-order chi connectivity index (χ1) is 13.9. The summed E-state index contributed by atoms with van der Waals surface area (Å²) in [4.78, 5) is 36.3. The number of carbonyl (C=O) groups excluding carboxylic acids is 3. The van der Waals surface area contributed by atoms with Crippen LogP contribution in [-0.2, 0) is 9.53 Å². The van der Waals surface area contributed by atoms with Crippen LogP contribution in [0.5, 0.6) is 0 Å². The van der Waals surface area contributed by atoms with E-state index in [0.717, 1.165) is 0 Å². The molecule has 0 saturated carbocycles. The van der Waals surface area contributed by atoms with Gasteiger partial charge >= 0.3 is 5.97 Å². The molecule has 0 aliphatic carbocycles. The summed E-state index contributed by atoms with van der Waals surface area (Å²) in [6, 6.07) is 13.5. The van der Waals surface area contributed by atoms with Crippen LogP contribution >= 0.6 is 0 Å². The number of amides is 2. The Bertz CT molecular complexity index is 847. The van der Waals surface area contributed by atoms with E-state index in [2.05, 4.69) is 16.0 Å². The number of hydrogen-bond acceptors (Lipinski definition) is 5. The van der Waals surface area contributed by atoms with Crippen LogP contribution in [0.2, 0.25) is 0 Å². The second kappa shape index (κ2) is 10.8. The first-order valence-corrected chi connectivity index (χ1v) is 9.58. The summed E-state index contributed by atoms with van der Waals surface area (Å²) in [5.74, 6) is -0.565. The zero-order valence-corrected chi connectivity index (χ0v) is 17.0. The Kier molecular flexibility index (Phi) is 8.21. The molecular weight excluding hydrogens is 370 g/mol. The van der Waals surface area contributed by atoms with Crippen molar-refractivity contribution in [3.63, 3.8) is 0 Å². The molecule has 0 aromatic heterocycles. The Morgan fingerprint density at radius 3 is 2.34 bits per heavy atom. The van der Waals surface area contributed by atoms with Gasteiger partial charge in [-0.1, -0.05) is 26.0 Å². The minimum Gasteiger partial charge on any atom is -0.462 e. The average molecular weight is 397 g/mol. The van der Waals surface area contributed by atoms with E-state index in [1.165, 1.54) is 0 Å². The van der Waals surface area contributed by atoms with Crippen molar-refractivity contribution in [2.24, 2.45) is 5.92 Å². The molecule has 2 aromatic carbocycles. The fourth-order valence-electron chi connectivity index (χ4n) is 2.50. The minimum atomic E-state index is -0.385. The summed E-state index contributed by atoms with van der Waals surface area (Å²) in [5, 5.41) is 8.60. The zero-order chi connectivity index (χ0) is 21.2. The molecule has 0 bridgehead atoms. The van der Waals surface area contributed by atoms with Gasteiger partial charge in [-0.15, -0.1) is 0 Å². The van der Waals surface area contributed by atoms with E-state index < -0.39 is 0 Å². The molecule has 2 rings (SSSR count). The van der Waals surface area contributed by atoms with Crippen LogP contribution in [0.4, 0.5) is 11.4 Å². The fraction of sp³-hybridized carbons (Fsp3) is 0.318. The van der Waals surface area contributed by atoms with Gasteiger partial charge in [0.1, 0.15) is 0 Å². The SMILES string of the molecule is CCOC(=O)c1ccc(NCC(=O)Nc2ccccc2C(=O)NCC(C)C)cc1. The highest BCUT2D eigenvalue weighted by molar-refractivity contribution is 6.04. The van der Waals surface area contributed by atoms with Crippen LogP contribution in [0.15, 0.2) is 48.5 Å². The number of para-hydroxylation sites is 1. The Hall–Kier alpha value is -3.35. The quantitative estimate of drug-likeness (QED) is 0.564. The van der Waals surface area contributed by atoms with Crippen LogP contribution < -0.4 is 16.0 Å². The molecule has 2 amide bonds. The molecule has 0 atom stereocenters. The fourth-order valence-corrected chi connectivity index (χ4v) is 2.50. The first-order valence-electron chi connectivity index (χ1n) is 9.58. The van der Waals surface area contributed by atoms with Gasteiger partial charge in [0.2, 0.25) is 5.91 Å². The molecule has 0 saturated heterocycles. The summed E-state index contributed by atoms with van der Waals surface area (Å²) < 4.78 is 4.94. The third-order valence-electron chi connectivity index (χ3n) is 3.97. The lowest BCUT2D eigenvalue weighted by molar-refractivity contribution is -0.114. The maximum absolute atomic E-state index is 12.3. The van der Waals surface area contributed by atoms with Gasteiger partial charge in [-0.2, -0.15) is 0 Å². The number of ether oxygens (including phenoxy) is 1. The van der Waals surface area contributed by atoms with Gasteiger partial charge in [0, 0.05) is 12.2 Å². The highest BCUT2D eigenvalue weighted by atomic mass is 16.5. The van der Waals surface area contributed by atoms with Gasteiger partial charge in [-0.3, -0.25) is 9.59 Å². The van der Waals surface area contributed by atoms with Crippen molar-refractivity contribution in [3.8, 4) is 0 Å². The van der Waals surface area contributed by atoms with E-state index in [1.807, 2.05) is 13.8 Å². The number of anilines is 2. The molecule has 3 N–H and O–H groups in total. The number of esters is 1. The second-order valence-corrected chi connectivity index (χ2v) is 6.85. The highest BCUT2D eigenvalue weighted by Crippen LogP contribution is 2.15. The van der Waals surface area contributed by atoms with Crippen molar-refractivity contribution in [1.29, 1.82) is 0 Å². The van der Waals surface area contributed by atoms with Crippen molar-refractivity contribution in [2.45, 2.75) is 20.8 Å². The molecule has 29 heavy (non-hydrogen) atoms. The molecule has 2 aromatic rings. The highest BCUT2D eigenvalue weighted by Gasteiger charge is 2.13. The number of benzene rings is 2. The monoisotopic (exact) mass is 397 g/mol. The number of carbonyl (C=O) groups is 3. The van der Waals surface area contributed by atoms with E-state index >= 15 is 0 Å². The predicted molar refractivity (Wildman–Crippen MR) is 113 cm³/mol. The largest absolute Gasteiger partial charge is 0.462 e. The molecule has 0 heterocycles. The summed E-state index contributed by atoms with van der Waals surface area (Å²) in [5.41, 5.74) is 2.01. The van der Waals surface area contributed by atoms with E-state index in [-0.39, 0.29) is 24.3 Å². The number of nitrogens with one attached hydrogen (secondary N) is 3. The minimum absolute atomic E-state index is 0.0146. The molecule has 0 radical (unpaired) electrons. The normalized spacial score (nSPS) is 10.3. The molecular formula is C22H27N3O4. The lowest BCUT2D eigenvalue weighted by atomic mass is 10.1. The third kappa shape index (κ3) is 6.95. The van der Waals surface area contributed by atoms with Crippen molar-refractivity contribution in [3.05, 3.63) is 59.7 Å². The van der Waals surface area contributed by atoms with Crippen LogP contribution in [0, 0.1) is 5.92 Å². The summed E-state index contributed by atoms with van der Waals surface area (Å²) in [6.07, 6.45) is 0. The lowest BCUT2D eigenvalue weighted by Crippen LogP contribution is -2.29. The van der Waals surface area contributed by atoms with Gasteiger partial charge in [0.05, 0.1) is 30.0 Å². The Morgan fingerprint density at radius 2 is 1.69 bits per heavy atom. The van der Waals surface area contributed by atoms with Crippen LogP contribution in [0.25, 0.3) is 0 Å². The van der Waals surface area contributed by atoms with Crippen molar-refractivity contribution < 1.29 is 19.1 Å². The number of rotatable bonds is 9. The molecule has 0 spiro atoms. The third-order valence-corrected chi connectivity index (χ3v) is 3.97. The van der Waals surface area contributed by atoms with E-state index in [9.17, 15) is 14.4 Å². The molecule has 7 heteroatoms. The summed E-state index contributed by atoms with van der Waals surface area (Å²) >= 11 is 0. The maximum atomic E-state index is 12.3. The standard InChI is InChI=1S/C22H27N3O4/c1-4-29-22(28)16-9-11-17(12-10-16)23-14-20(26)25-19-8-6-5-7-18(19)21(27)24-13-15(2)3/h5-12,15,23H,4,13-14H2,1-3H3,(H,24,27)(H,25,26). The Morgan fingerprint density at radius 1 is 1.00 bits per heavy atom. The molecule has 0 fully saturated rings.